The molecule has 150 valence electrons. The Morgan fingerprint density at radius 1 is 1.43 bits per heavy atom. The molecule has 0 aromatic carbocycles. The van der Waals surface area contributed by atoms with E-state index in [-0.39, 0.29) is 17.8 Å². The number of anilines is 1. The predicted molar refractivity (Wildman–Crippen MR) is 100 cm³/mol. The summed E-state index contributed by atoms with van der Waals surface area (Å²) in [5, 5.41) is 39.3. The Kier molecular flexibility index (Phi) is 6.01. The summed E-state index contributed by atoms with van der Waals surface area (Å²) in [6, 6.07) is 1.07. The third kappa shape index (κ3) is 3.75. The van der Waals surface area contributed by atoms with Gasteiger partial charge >= 0.3 is 5.97 Å². The number of ether oxygens (including phenoxy) is 1. The van der Waals surface area contributed by atoms with Gasteiger partial charge in [-0.05, 0) is 12.2 Å². The predicted octanol–water partition coefficient (Wildman–Crippen LogP) is -0.960. The minimum atomic E-state index is -1.25. The van der Waals surface area contributed by atoms with Crippen LogP contribution in [0.2, 0.25) is 0 Å². The minimum Gasteiger partial charge on any atom is -0.480 e. The highest BCUT2D eigenvalue weighted by atomic mass is 32.2. The van der Waals surface area contributed by atoms with E-state index in [1.165, 1.54) is 28.9 Å². The van der Waals surface area contributed by atoms with E-state index in [1.807, 2.05) is 6.07 Å². The van der Waals surface area contributed by atoms with Gasteiger partial charge in [0.15, 0.2) is 6.23 Å². The molecule has 11 nitrogen and oxygen atoms in total. The number of fused-ring (bicyclic) bond motifs is 1. The fraction of sp³-hybridized carbons (Fsp3) is 0.500. The maximum atomic E-state index is 10.7. The number of nitrogens with zero attached hydrogens (tertiary/aromatic N) is 4. The van der Waals surface area contributed by atoms with Crippen molar-refractivity contribution in [3.05, 3.63) is 18.1 Å². The van der Waals surface area contributed by atoms with Crippen LogP contribution in [0, 0.1) is 11.3 Å². The zero-order chi connectivity index (χ0) is 20.4. The number of aliphatic hydroxyl groups is 2. The van der Waals surface area contributed by atoms with E-state index in [4.69, 9.17) is 21.3 Å². The number of rotatable bonds is 7. The second kappa shape index (κ2) is 8.29. The van der Waals surface area contributed by atoms with Crippen molar-refractivity contribution in [1.82, 2.24) is 14.5 Å². The van der Waals surface area contributed by atoms with Crippen molar-refractivity contribution in [2.45, 2.75) is 37.0 Å². The Morgan fingerprint density at radius 2 is 2.18 bits per heavy atom. The number of carbonyl (C=O) groups is 1. The Labute approximate surface area is 163 Å². The first-order valence-electron chi connectivity index (χ1n) is 8.44. The Bertz CT molecular complexity index is 915. The largest absolute Gasteiger partial charge is 0.480 e. The number of nitriles is 1. The molecule has 28 heavy (non-hydrogen) atoms. The summed E-state index contributed by atoms with van der Waals surface area (Å²) in [4.78, 5) is 18.7. The summed E-state index contributed by atoms with van der Waals surface area (Å²) < 4.78 is 7.28. The molecule has 1 saturated heterocycles. The van der Waals surface area contributed by atoms with Crippen LogP contribution in [0.15, 0.2) is 12.5 Å². The van der Waals surface area contributed by atoms with Crippen LogP contribution < -0.4 is 11.5 Å². The fourth-order valence-corrected chi connectivity index (χ4v) is 4.11. The number of aromatic nitrogens is 3. The lowest BCUT2D eigenvalue weighted by atomic mass is 10.1. The van der Waals surface area contributed by atoms with Crippen molar-refractivity contribution in [1.29, 1.82) is 5.26 Å². The van der Waals surface area contributed by atoms with Crippen molar-refractivity contribution in [2.75, 3.05) is 17.2 Å². The van der Waals surface area contributed by atoms with E-state index in [9.17, 15) is 20.3 Å². The third-order valence-corrected chi connectivity index (χ3v) is 5.63. The standard InChI is InChI=1S/C16H20N6O5S/c17-3-7-4-22(14-10(7)13(19)20-6-21-14)15-12(24)11(23)9(27-15)5-28-2-1-8(18)16(25)26/h4,6,8-9,11-12,15,23-24H,1-2,5,18H2,(H,25,26)(H2,19,20,21)/t8-,9-,11-,12-,15?/m1/s1. The van der Waals surface area contributed by atoms with E-state index in [1.54, 1.807) is 0 Å². The van der Waals surface area contributed by atoms with E-state index in [0.717, 1.165) is 0 Å². The van der Waals surface area contributed by atoms with Crippen molar-refractivity contribution >= 4 is 34.6 Å². The summed E-state index contributed by atoms with van der Waals surface area (Å²) >= 11 is 1.37. The van der Waals surface area contributed by atoms with Gasteiger partial charge in [0.25, 0.3) is 0 Å². The second-order valence-corrected chi connectivity index (χ2v) is 7.52. The van der Waals surface area contributed by atoms with Crippen molar-refractivity contribution in [3.8, 4) is 6.07 Å². The highest BCUT2D eigenvalue weighted by molar-refractivity contribution is 7.99. The number of aliphatic carboxylic acids is 1. The summed E-state index contributed by atoms with van der Waals surface area (Å²) in [5.41, 5.74) is 11.8. The minimum absolute atomic E-state index is 0.134. The van der Waals surface area contributed by atoms with Crippen LogP contribution >= 0.6 is 11.8 Å². The van der Waals surface area contributed by atoms with Crippen LogP contribution in [0.1, 0.15) is 18.2 Å². The van der Waals surface area contributed by atoms with Gasteiger partial charge in [-0.15, -0.1) is 0 Å². The van der Waals surface area contributed by atoms with Gasteiger partial charge in [0.1, 0.15) is 42.1 Å². The number of aliphatic hydroxyl groups excluding tert-OH is 2. The van der Waals surface area contributed by atoms with E-state index in [2.05, 4.69) is 9.97 Å². The quantitative estimate of drug-likeness (QED) is 0.354. The molecule has 0 aliphatic carbocycles. The maximum absolute atomic E-state index is 10.7. The molecule has 2 aromatic heterocycles. The van der Waals surface area contributed by atoms with Crippen molar-refractivity contribution in [3.63, 3.8) is 0 Å². The lowest BCUT2D eigenvalue weighted by Gasteiger charge is -2.17. The third-order valence-electron chi connectivity index (χ3n) is 4.54. The van der Waals surface area contributed by atoms with Gasteiger partial charge < -0.3 is 36.1 Å². The first-order chi connectivity index (χ1) is 13.3. The molecular weight excluding hydrogens is 388 g/mol. The maximum Gasteiger partial charge on any atom is 0.320 e. The van der Waals surface area contributed by atoms with Gasteiger partial charge in [0.2, 0.25) is 0 Å². The van der Waals surface area contributed by atoms with Gasteiger partial charge in [-0.25, -0.2) is 9.97 Å². The van der Waals surface area contributed by atoms with Crippen LogP contribution in [0.3, 0.4) is 0 Å². The van der Waals surface area contributed by atoms with Gasteiger partial charge in [0, 0.05) is 11.9 Å². The van der Waals surface area contributed by atoms with Crippen LogP contribution in [-0.4, -0.2) is 71.7 Å². The first kappa shape index (κ1) is 20.3. The summed E-state index contributed by atoms with van der Waals surface area (Å²) in [5.74, 6) is -0.129. The number of thioether (sulfide) groups is 1. The molecule has 0 bridgehead atoms. The van der Waals surface area contributed by atoms with Crippen LogP contribution in [-0.2, 0) is 9.53 Å². The zero-order valence-electron chi connectivity index (χ0n) is 14.7. The van der Waals surface area contributed by atoms with E-state index in [0.29, 0.717) is 22.5 Å². The molecule has 3 heterocycles. The highest BCUT2D eigenvalue weighted by Crippen LogP contribution is 2.35. The molecule has 1 aliphatic heterocycles. The van der Waals surface area contributed by atoms with E-state index < -0.39 is 36.6 Å². The number of hydrogen-bond donors (Lipinski definition) is 5. The molecule has 0 saturated carbocycles. The lowest BCUT2D eigenvalue weighted by Crippen LogP contribution is -2.33. The summed E-state index contributed by atoms with van der Waals surface area (Å²) in [6.07, 6.45) is -1.07. The number of nitrogen functional groups attached to an aromatic ring is 1. The number of hydrogen-bond acceptors (Lipinski definition) is 10. The second-order valence-electron chi connectivity index (χ2n) is 6.37. The summed E-state index contributed by atoms with van der Waals surface area (Å²) in [7, 11) is 0. The Morgan fingerprint density at radius 3 is 2.86 bits per heavy atom. The number of carboxylic acid groups (broad SMARTS) is 1. The molecule has 1 unspecified atom stereocenters. The molecule has 7 N–H and O–H groups in total. The molecule has 5 atom stereocenters. The molecule has 0 spiro atoms. The van der Waals surface area contributed by atoms with Crippen LogP contribution in [0.25, 0.3) is 11.0 Å². The van der Waals surface area contributed by atoms with Crippen LogP contribution in [0.4, 0.5) is 5.82 Å². The molecule has 3 rings (SSSR count). The summed E-state index contributed by atoms with van der Waals surface area (Å²) in [6.45, 7) is 0. The van der Waals surface area contributed by atoms with Gasteiger partial charge in [-0.3, -0.25) is 4.79 Å². The fourth-order valence-electron chi connectivity index (χ4n) is 3.02. The van der Waals surface area contributed by atoms with Crippen molar-refractivity contribution < 1.29 is 24.9 Å². The molecule has 12 heteroatoms. The highest BCUT2D eigenvalue weighted by Gasteiger charge is 2.44. The molecular formula is C16H20N6O5S. The topological polar surface area (TPSA) is 194 Å². The van der Waals surface area contributed by atoms with Gasteiger partial charge in [-0.1, -0.05) is 0 Å². The monoisotopic (exact) mass is 408 g/mol. The zero-order valence-corrected chi connectivity index (χ0v) is 15.5. The normalized spacial score (nSPS) is 25.6. The van der Waals surface area contributed by atoms with Gasteiger partial charge in [0.05, 0.1) is 17.1 Å². The molecule has 0 amide bonds. The molecule has 2 aromatic rings. The first-order valence-corrected chi connectivity index (χ1v) is 9.59. The Hall–Kier alpha value is -2.43. The molecule has 1 fully saturated rings. The number of nitrogens with two attached hydrogens (primary N) is 2. The molecule has 1 aliphatic rings. The average molecular weight is 408 g/mol. The smallest absolute Gasteiger partial charge is 0.320 e. The van der Waals surface area contributed by atoms with Crippen LogP contribution in [0.5, 0.6) is 0 Å². The Balaban J connectivity index is 1.73. The van der Waals surface area contributed by atoms with E-state index >= 15 is 0 Å². The van der Waals surface area contributed by atoms with Gasteiger partial charge in [-0.2, -0.15) is 17.0 Å². The van der Waals surface area contributed by atoms with Crippen molar-refractivity contribution in [2.24, 2.45) is 5.73 Å². The molecule has 0 radical (unpaired) electrons. The lowest BCUT2D eigenvalue weighted by molar-refractivity contribution is -0.138. The average Bonchev–Trinajstić information content (AvgIpc) is 3.18. The SMILES string of the molecule is N#Cc1cn(C2O[C@H](CSCC[C@@H](N)C(=O)O)[C@@H](O)[C@H]2O)c2ncnc(N)c12. The number of carboxylic acids is 1.